The normalized spacial score (nSPS) is 11.6. The summed E-state index contributed by atoms with van der Waals surface area (Å²) >= 11 is 0. The predicted octanol–water partition coefficient (Wildman–Crippen LogP) is 0.795. The number of benzene rings is 1. The number of nitrogens with two attached hydrogens (primary N) is 1. The van der Waals surface area contributed by atoms with Gasteiger partial charge in [0.05, 0.1) is 0 Å². The van der Waals surface area contributed by atoms with Crippen molar-refractivity contribution in [3.63, 3.8) is 0 Å². The van der Waals surface area contributed by atoms with Gasteiger partial charge in [0.15, 0.2) is 5.84 Å². The Kier molecular flexibility index (Phi) is 2.19. The molecule has 0 aliphatic heterocycles. The van der Waals surface area contributed by atoms with Crippen molar-refractivity contribution < 1.29 is 10.3 Å². The number of nitrogens with zero attached hydrogens (tertiary/aromatic N) is 1. The fourth-order valence-electron chi connectivity index (χ4n) is 0.826. The van der Waals surface area contributed by atoms with E-state index < -0.39 is 0 Å². The molecule has 0 saturated carbocycles. The number of hydrogen-bond donors (Lipinski definition) is 3. The van der Waals surface area contributed by atoms with Gasteiger partial charge >= 0.3 is 0 Å². The second-order valence-corrected chi connectivity index (χ2v) is 2.49. The van der Waals surface area contributed by atoms with Crippen molar-refractivity contribution in [1.29, 1.82) is 0 Å². The summed E-state index contributed by atoms with van der Waals surface area (Å²) in [5, 5.41) is 20.4. The van der Waals surface area contributed by atoms with Gasteiger partial charge in [0.2, 0.25) is 0 Å². The average Bonchev–Trinajstić information content (AvgIpc) is 2.08. The Hall–Kier alpha value is -1.71. The molecule has 1 aromatic carbocycles. The van der Waals surface area contributed by atoms with E-state index in [4.69, 9.17) is 10.9 Å². The van der Waals surface area contributed by atoms with Gasteiger partial charge in [-0.2, -0.15) is 0 Å². The Morgan fingerprint density at radius 1 is 1.50 bits per heavy atom. The highest BCUT2D eigenvalue weighted by Gasteiger charge is 2.01. The molecule has 0 aliphatic carbocycles. The molecule has 4 nitrogen and oxygen atoms in total. The van der Waals surface area contributed by atoms with Crippen LogP contribution in [0.2, 0.25) is 0 Å². The van der Waals surface area contributed by atoms with E-state index >= 15 is 0 Å². The van der Waals surface area contributed by atoms with Crippen molar-refractivity contribution in [2.75, 3.05) is 0 Å². The fourth-order valence-corrected chi connectivity index (χ4v) is 0.826. The van der Waals surface area contributed by atoms with Crippen LogP contribution in [-0.4, -0.2) is 16.1 Å². The lowest BCUT2D eigenvalue weighted by molar-refractivity contribution is 0.318. The first kappa shape index (κ1) is 8.39. The average molecular weight is 166 g/mol. The van der Waals surface area contributed by atoms with E-state index in [1.165, 1.54) is 6.07 Å². The molecule has 12 heavy (non-hydrogen) atoms. The highest BCUT2D eigenvalue weighted by Crippen LogP contribution is 2.16. The summed E-state index contributed by atoms with van der Waals surface area (Å²) in [7, 11) is 0. The number of oxime groups is 1. The molecular weight excluding hydrogens is 156 g/mol. The zero-order chi connectivity index (χ0) is 9.14. The summed E-state index contributed by atoms with van der Waals surface area (Å²) in [6.45, 7) is 1.77. The van der Waals surface area contributed by atoms with Gasteiger partial charge in [0.1, 0.15) is 5.75 Å². The van der Waals surface area contributed by atoms with Gasteiger partial charge < -0.3 is 16.0 Å². The van der Waals surface area contributed by atoms with E-state index in [-0.39, 0.29) is 11.6 Å². The molecule has 0 aliphatic rings. The molecule has 0 saturated heterocycles. The van der Waals surface area contributed by atoms with Crippen LogP contribution in [0.25, 0.3) is 0 Å². The summed E-state index contributed by atoms with van der Waals surface area (Å²) in [5.74, 6) is 0.129. The van der Waals surface area contributed by atoms with Crippen molar-refractivity contribution >= 4 is 5.84 Å². The molecule has 0 spiro atoms. The van der Waals surface area contributed by atoms with Crippen LogP contribution in [0.3, 0.4) is 0 Å². The predicted molar refractivity (Wildman–Crippen MR) is 45.4 cm³/mol. The maximum atomic E-state index is 9.25. The van der Waals surface area contributed by atoms with Crippen LogP contribution < -0.4 is 5.73 Å². The van der Waals surface area contributed by atoms with Crippen molar-refractivity contribution in [3.8, 4) is 5.75 Å². The minimum absolute atomic E-state index is 0.00898. The Morgan fingerprint density at radius 2 is 2.17 bits per heavy atom. The summed E-state index contributed by atoms with van der Waals surface area (Å²) in [5.41, 5.74) is 6.56. The molecule has 0 aromatic heterocycles. The molecule has 1 aromatic rings. The first-order valence-electron chi connectivity index (χ1n) is 3.42. The Balaban J connectivity index is 3.13. The van der Waals surface area contributed by atoms with Gasteiger partial charge in [0.25, 0.3) is 0 Å². The van der Waals surface area contributed by atoms with Crippen LogP contribution in [0.1, 0.15) is 11.1 Å². The summed E-state index contributed by atoms with van der Waals surface area (Å²) < 4.78 is 0. The number of phenols is 1. The molecule has 64 valence electrons. The number of phenolic OH excluding ortho intramolecular Hbond substituents is 1. The molecular formula is C8H10N2O2. The molecule has 0 fully saturated rings. The zero-order valence-corrected chi connectivity index (χ0v) is 6.65. The maximum Gasteiger partial charge on any atom is 0.170 e. The molecule has 0 radical (unpaired) electrons. The van der Waals surface area contributed by atoms with E-state index in [0.29, 0.717) is 5.56 Å². The van der Waals surface area contributed by atoms with Crippen LogP contribution in [0, 0.1) is 6.92 Å². The van der Waals surface area contributed by atoms with Crippen molar-refractivity contribution in [1.82, 2.24) is 0 Å². The number of aromatic hydroxyl groups is 1. The number of amidine groups is 1. The lowest BCUT2D eigenvalue weighted by atomic mass is 10.1. The number of aryl methyl sites for hydroxylation is 1. The molecule has 0 unspecified atom stereocenters. The lowest BCUT2D eigenvalue weighted by Gasteiger charge is -2.01. The second-order valence-electron chi connectivity index (χ2n) is 2.49. The van der Waals surface area contributed by atoms with Gasteiger partial charge in [-0.3, -0.25) is 0 Å². The SMILES string of the molecule is Cc1ccc(/C(N)=N/O)cc1O. The monoisotopic (exact) mass is 166 g/mol. The maximum absolute atomic E-state index is 9.25. The van der Waals surface area contributed by atoms with Gasteiger partial charge in [-0.1, -0.05) is 17.3 Å². The second kappa shape index (κ2) is 3.13. The molecule has 0 amide bonds. The number of hydrogen-bond acceptors (Lipinski definition) is 3. The Bertz CT molecular complexity index is 321. The first-order valence-corrected chi connectivity index (χ1v) is 3.42. The third kappa shape index (κ3) is 1.47. The summed E-state index contributed by atoms with van der Waals surface area (Å²) in [4.78, 5) is 0. The highest BCUT2D eigenvalue weighted by molar-refractivity contribution is 5.97. The number of rotatable bonds is 1. The Morgan fingerprint density at radius 3 is 2.67 bits per heavy atom. The molecule has 1 rings (SSSR count). The minimum Gasteiger partial charge on any atom is -0.508 e. The van der Waals surface area contributed by atoms with Crippen molar-refractivity contribution in [2.45, 2.75) is 6.92 Å². The topological polar surface area (TPSA) is 78.8 Å². The van der Waals surface area contributed by atoms with Crippen LogP contribution in [0.15, 0.2) is 23.4 Å². The quantitative estimate of drug-likeness (QED) is 0.250. The highest BCUT2D eigenvalue weighted by atomic mass is 16.4. The van der Waals surface area contributed by atoms with Crippen LogP contribution >= 0.6 is 0 Å². The van der Waals surface area contributed by atoms with Crippen molar-refractivity contribution in [3.05, 3.63) is 29.3 Å². The van der Waals surface area contributed by atoms with E-state index in [9.17, 15) is 5.11 Å². The van der Waals surface area contributed by atoms with Gasteiger partial charge in [-0.15, -0.1) is 0 Å². The molecule has 0 bridgehead atoms. The van der Waals surface area contributed by atoms with Crippen molar-refractivity contribution in [2.24, 2.45) is 10.9 Å². The largest absolute Gasteiger partial charge is 0.508 e. The smallest absolute Gasteiger partial charge is 0.170 e. The molecule has 4 N–H and O–H groups in total. The standard InChI is InChI=1S/C8H10N2O2/c1-5-2-3-6(4-7(5)11)8(9)10-12/h2-4,11-12H,1H3,(H2,9,10). The van der Waals surface area contributed by atoms with Crippen LogP contribution in [0.4, 0.5) is 0 Å². The van der Waals surface area contributed by atoms with Crippen LogP contribution in [-0.2, 0) is 0 Å². The third-order valence-corrected chi connectivity index (χ3v) is 1.61. The summed E-state index contributed by atoms with van der Waals surface area (Å²) in [6.07, 6.45) is 0. The van der Waals surface area contributed by atoms with Crippen LogP contribution in [0.5, 0.6) is 5.75 Å². The van der Waals surface area contributed by atoms with E-state index in [0.717, 1.165) is 5.56 Å². The molecule has 0 atom stereocenters. The fraction of sp³-hybridized carbons (Fsp3) is 0.125. The Labute approximate surface area is 69.9 Å². The molecule has 0 heterocycles. The third-order valence-electron chi connectivity index (χ3n) is 1.61. The van der Waals surface area contributed by atoms with E-state index in [2.05, 4.69) is 5.16 Å². The lowest BCUT2D eigenvalue weighted by Crippen LogP contribution is -2.12. The molecule has 4 heteroatoms. The van der Waals surface area contributed by atoms with Gasteiger partial charge in [0, 0.05) is 5.56 Å². The summed E-state index contributed by atoms with van der Waals surface area (Å²) in [6, 6.07) is 4.82. The zero-order valence-electron chi connectivity index (χ0n) is 6.65. The van der Waals surface area contributed by atoms with E-state index in [1.54, 1.807) is 19.1 Å². The van der Waals surface area contributed by atoms with Gasteiger partial charge in [-0.05, 0) is 18.6 Å². The van der Waals surface area contributed by atoms with E-state index in [1.807, 2.05) is 0 Å². The minimum atomic E-state index is -0.00898. The van der Waals surface area contributed by atoms with Gasteiger partial charge in [-0.25, -0.2) is 0 Å². The first-order chi connectivity index (χ1) is 5.65.